The number of furan rings is 1. The standard InChI is InChI=1S/C31H37N3O6/c1-21(2)24-8-10-25(11-9-24)32-31(36)34(17-26-5-4-14-37-26)19-30(35)33(18-27-12-6-22(3)40-27)16-23-7-13-28-29(15-23)39-20-38-28/h6-13,15,21,26H,4-5,14,16-20H2,1-3H3,(H,32,36). The van der Waals surface area contributed by atoms with E-state index in [0.29, 0.717) is 48.6 Å². The molecule has 0 aliphatic carbocycles. The van der Waals surface area contributed by atoms with Crippen LogP contribution in [-0.4, -0.2) is 54.3 Å². The van der Waals surface area contributed by atoms with Crippen molar-refractivity contribution in [2.24, 2.45) is 0 Å². The third-order valence-corrected chi connectivity index (χ3v) is 7.20. The molecule has 1 saturated heterocycles. The van der Waals surface area contributed by atoms with Crippen molar-refractivity contribution in [3.8, 4) is 11.5 Å². The Hall–Kier alpha value is -3.98. The van der Waals surface area contributed by atoms with E-state index in [-0.39, 0.29) is 37.9 Å². The molecule has 9 nitrogen and oxygen atoms in total. The van der Waals surface area contributed by atoms with Crippen LogP contribution in [0.4, 0.5) is 10.5 Å². The summed E-state index contributed by atoms with van der Waals surface area (Å²) in [7, 11) is 0. The molecule has 0 spiro atoms. The average Bonchev–Trinajstić information content (AvgIpc) is 3.71. The molecule has 2 aliphatic heterocycles. The lowest BCUT2D eigenvalue weighted by atomic mass is 10.0. The third-order valence-electron chi connectivity index (χ3n) is 7.20. The van der Waals surface area contributed by atoms with Crippen molar-refractivity contribution < 1.29 is 28.2 Å². The lowest BCUT2D eigenvalue weighted by Crippen LogP contribution is -2.46. The summed E-state index contributed by atoms with van der Waals surface area (Å²) in [5, 5.41) is 2.97. The second kappa shape index (κ2) is 12.5. The van der Waals surface area contributed by atoms with E-state index >= 15 is 0 Å². The van der Waals surface area contributed by atoms with Crippen LogP contribution in [0.15, 0.2) is 59.0 Å². The molecule has 1 N–H and O–H groups in total. The normalized spacial score (nSPS) is 15.8. The van der Waals surface area contributed by atoms with Crippen molar-refractivity contribution in [3.63, 3.8) is 0 Å². The van der Waals surface area contributed by atoms with Gasteiger partial charge >= 0.3 is 6.03 Å². The van der Waals surface area contributed by atoms with Crippen molar-refractivity contribution in [3.05, 3.63) is 77.2 Å². The maximum Gasteiger partial charge on any atom is 0.322 e. The molecule has 40 heavy (non-hydrogen) atoms. The van der Waals surface area contributed by atoms with Crippen LogP contribution in [0.5, 0.6) is 11.5 Å². The minimum absolute atomic E-state index is 0.0972. The fourth-order valence-corrected chi connectivity index (χ4v) is 4.92. The van der Waals surface area contributed by atoms with Gasteiger partial charge in [0.2, 0.25) is 12.7 Å². The number of urea groups is 1. The Labute approximate surface area is 235 Å². The molecule has 0 saturated carbocycles. The van der Waals surface area contributed by atoms with Gasteiger partial charge in [0.15, 0.2) is 11.5 Å². The van der Waals surface area contributed by atoms with Crippen molar-refractivity contribution in [1.29, 1.82) is 0 Å². The number of aryl methyl sites for hydroxylation is 1. The Morgan fingerprint density at radius 3 is 2.48 bits per heavy atom. The summed E-state index contributed by atoms with van der Waals surface area (Å²) >= 11 is 0. The maximum atomic E-state index is 13.8. The van der Waals surface area contributed by atoms with Crippen molar-refractivity contribution in [1.82, 2.24) is 9.80 Å². The molecule has 1 aromatic heterocycles. The molecule has 1 atom stereocenters. The predicted octanol–water partition coefficient (Wildman–Crippen LogP) is 5.68. The lowest BCUT2D eigenvalue weighted by Gasteiger charge is -2.29. The van der Waals surface area contributed by atoms with E-state index in [1.54, 1.807) is 9.80 Å². The first-order valence-electron chi connectivity index (χ1n) is 13.8. The number of rotatable bonds is 10. The lowest BCUT2D eigenvalue weighted by molar-refractivity contribution is -0.133. The van der Waals surface area contributed by atoms with Crippen molar-refractivity contribution in [2.45, 2.75) is 58.7 Å². The van der Waals surface area contributed by atoms with Gasteiger partial charge in [-0.3, -0.25) is 4.79 Å². The highest BCUT2D eigenvalue weighted by Gasteiger charge is 2.27. The first-order chi connectivity index (χ1) is 19.3. The van der Waals surface area contributed by atoms with Gasteiger partial charge in [-0.2, -0.15) is 0 Å². The number of benzene rings is 2. The fraction of sp³-hybridized carbons (Fsp3) is 0.419. The Morgan fingerprint density at radius 1 is 0.975 bits per heavy atom. The summed E-state index contributed by atoms with van der Waals surface area (Å²) in [5.74, 6) is 2.98. The van der Waals surface area contributed by atoms with E-state index in [1.165, 1.54) is 5.56 Å². The molecule has 0 radical (unpaired) electrons. The van der Waals surface area contributed by atoms with Crippen molar-refractivity contribution >= 4 is 17.6 Å². The number of carbonyl (C=O) groups is 2. The van der Waals surface area contributed by atoms with Gasteiger partial charge in [-0.15, -0.1) is 0 Å². The molecular formula is C31H37N3O6. The summed E-state index contributed by atoms with van der Waals surface area (Å²) < 4.78 is 22.6. The molecule has 5 rings (SSSR count). The van der Waals surface area contributed by atoms with Gasteiger partial charge in [-0.25, -0.2) is 4.79 Å². The summed E-state index contributed by atoms with van der Waals surface area (Å²) in [5.41, 5.74) is 2.76. The first kappa shape index (κ1) is 27.6. The Kier molecular flexibility index (Phi) is 8.60. The number of nitrogens with one attached hydrogen (secondary N) is 1. The molecule has 1 unspecified atom stereocenters. The van der Waals surface area contributed by atoms with Crippen LogP contribution in [-0.2, 0) is 22.6 Å². The number of hydrogen-bond acceptors (Lipinski definition) is 6. The molecule has 2 aliphatic rings. The summed E-state index contributed by atoms with van der Waals surface area (Å²) in [4.78, 5) is 30.5. The summed E-state index contributed by atoms with van der Waals surface area (Å²) in [6.07, 6.45) is 1.70. The quantitative estimate of drug-likeness (QED) is 0.351. The second-order valence-electron chi connectivity index (χ2n) is 10.7. The zero-order chi connectivity index (χ0) is 28.1. The Balaban J connectivity index is 1.33. The second-order valence-corrected chi connectivity index (χ2v) is 10.7. The summed E-state index contributed by atoms with van der Waals surface area (Å²) in [6.45, 7) is 7.80. The maximum absolute atomic E-state index is 13.8. The first-order valence-corrected chi connectivity index (χ1v) is 13.8. The van der Waals surface area contributed by atoms with Gasteiger partial charge < -0.3 is 33.7 Å². The smallest absolute Gasteiger partial charge is 0.322 e. The Morgan fingerprint density at radius 2 is 1.77 bits per heavy atom. The molecule has 0 bridgehead atoms. The number of nitrogens with zero attached hydrogens (tertiary/aromatic N) is 2. The van der Waals surface area contributed by atoms with E-state index in [1.807, 2.05) is 61.5 Å². The Bertz CT molecular complexity index is 1310. The van der Waals surface area contributed by atoms with Crippen LogP contribution in [0.1, 0.15) is 55.3 Å². The van der Waals surface area contributed by atoms with Gasteiger partial charge in [0.1, 0.15) is 18.1 Å². The number of ether oxygens (including phenoxy) is 3. The molecule has 3 aromatic rings. The van der Waals surface area contributed by atoms with Crippen LogP contribution in [0.3, 0.4) is 0 Å². The van der Waals surface area contributed by atoms with Crippen LogP contribution < -0.4 is 14.8 Å². The van der Waals surface area contributed by atoms with Gasteiger partial charge in [0, 0.05) is 25.4 Å². The SMILES string of the molecule is Cc1ccc(CN(Cc2ccc3c(c2)OCO3)C(=O)CN(CC2CCCO2)C(=O)Nc2ccc(C(C)C)cc2)o1. The minimum Gasteiger partial charge on any atom is -0.464 e. The molecule has 212 valence electrons. The molecule has 3 heterocycles. The fourth-order valence-electron chi connectivity index (χ4n) is 4.92. The molecule has 9 heteroatoms. The number of amides is 3. The van der Waals surface area contributed by atoms with E-state index in [9.17, 15) is 9.59 Å². The molecule has 3 amide bonds. The number of fused-ring (bicyclic) bond motifs is 1. The van der Waals surface area contributed by atoms with Crippen LogP contribution in [0.25, 0.3) is 0 Å². The highest BCUT2D eigenvalue weighted by atomic mass is 16.7. The number of hydrogen-bond donors (Lipinski definition) is 1. The highest BCUT2D eigenvalue weighted by molar-refractivity contribution is 5.92. The van der Waals surface area contributed by atoms with Gasteiger partial charge in [-0.05, 0) is 73.2 Å². The summed E-state index contributed by atoms with van der Waals surface area (Å²) in [6, 6.07) is 16.9. The zero-order valence-corrected chi connectivity index (χ0v) is 23.4. The minimum atomic E-state index is -0.335. The largest absolute Gasteiger partial charge is 0.464 e. The molecular weight excluding hydrogens is 510 g/mol. The van der Waals surface area contributed by atoms with Gasteiger partial charge in [0.25, 0.3) is 0 Å². The number of anilines is 1. The monoisotopic (exact) mass is 547 g/mol. The van der Waals surface area contributed by atoms with Crippen molar-refractivity contribution in [2.75, 3.05) is 31.8 Å². The highest BCUT2D eigenvalue weighted by Crippen LogP contribution is 2.33. The third kappa shape index (κ3) is 6.96. The average molecular weight is 548 g/mol. The number of carbonyl (C=O) groups excluding carboxylic acids is 2. The predicted molar refractivity (Wildman–Crippen MR) is 150 cm³/mol. The van der Waals surface area contributed by atoms with Crippen LogP contribution >= 0.6 is 0 Å². The van der Waals surface area contributed by atoms with Gasteiger partial charge in [-0.1, -0.05) is 32.0 Å². The van der Waals surface area contributed by atoms with Crippen LogP contribution in [0, 0.1) is 6.92 Å². The molecule has 1 fully saturated rings. The molecule has 2 aromatic carbocycles. The van der Waals surface area contributed by atoms with Crippen LogP contribution in [0.2, 0.25) is 0 Å². The zero-order valence-electron chi connectivity index (χ0n) is 23.4. The van der Waals surface area contributed by atoms with E-state index in [4.69, 9.17) is 18.6 Å². The van der Waals surface area contributed by atoms with E-state index < -0.39 is 0 Å². The van der Waals surface area contributed by atoms with E-state index in [2.05, 4.69) is 19.2 Å². The van der Waals surface area contributed by atoms with Gasteiger partial charge in [0.05, 0.1) is 12.6 Å². The van der Waals surface area contributed by atoms with E-state index in [0.717, 1.165) is 24.2 Å². The topological polar surface area (TPSA) is 93.5 Å².